The zero-order valence-corrected chi connectivity index (χ0v) is 11.7. The molecule has 1 aromatic carbocycles. The van der Waals surface area contributed by atoms with Gasteiger partial charge in [-0.05, 0) is 42.5 Å². The highest BCUT2D eigenvalue weighted by Gasteiger charge is 2.05. The first-order valence-electron chi connectivity index (χ1n) is 6.44. The number of hydrogen-bond acceptors (Lipinski definition) is 3. The van der Waals surface area contributed by atoms with Crippen LogP contribution in [0.5, 0.6) is 0 Å². The number of aromatic nitrogens is 2. The van der Waals surface area contributed by atoms with Crippen LogP contribution < -0.4 is 5.73 Å². The quantitative estimate of drug-likeness (QED) is 0.792. The molecule has 0 bridgehead atoms. The molecule has 0 aliphatic rings. The molecule has 2 heterocycles. The van der Waals surface area contributed by atoms with Crippen LogP contribution in [0.15, 0.2) is 42.0 Å². The number of nitrogens with zero attached hydrogens (tertiary/aromatic N) is 2. The second kappa shape index (κ2) is 5.15. The molecule has 0 aliphatic carbocycles. The summed E-state index contributed by atoms with van der Waals surface area (Å²) in [5.41, 5.74) is 8.41. The fourth-order valence-corrected chi connectivity index (χ4v) is 2.98. The minimum Gasteiger partial charge on any atom is -0.341 e. The van der Waals surface area contributed by atoms with Crippen LogP contribution in [-0.4, -0.2) is 15.6 Å². The molecule has 0 fully saturated rings. The summed E-state index contributed by atoms with van der Waals surface area (Å²) in [6.45, 7) is 2.88. The number of fused-ring (bicyclic) bond motifs is 1. The highest BCUT2D eigenvalue weighted by molar-refractivity contribution is 7.09. The van der Waals surface area contributed by atoms with E-state index in [0.717, 1.165) is 18.0 Å². The van der Waals surface area contributed by atoms with Crippen molar-refractivity contribution >= 4 is 22.2 Å². The Kier molecular flexibility index (Phi) is 3.36. The van der Waals surface area contributed by atoms with Gasteiger partial charge < -0.3 is 10.3 Å². The van der Waals surface area contributed by atoms with Gasteiger partial charge in [0.1, 0.15) is 5.01 Å². The fraction of sp³-hybridized carbons (Fsp3) is 0.267. The Labute approximate surface area is 116 Å². The van der Waals surface area contributed by atoms with Gasteiger partial charge in [0.15, 0.2) is 0 Å². The van der Waals surface area contributed by atoms with Crippen molar-refractivity contribution in [3.8, 4) is 0 Å². The summed E-state index contributed by atoms with van der Waals surface area (Å²) in [7, 11) is 0. The topological polar surface area (TPSA) is 43.8 Å². The summed E-state index contributed by atoms with van der Waals surface area (Å²) in [4.78, 5) is 4.34. The molecular weight excluding hydrogens is 254 g/mol. The van der Waals surface area contributed by atoms with E-state index in [4.69, 9.17) is 5.73 Å². The van der Waals surface area contributed by atoms with E-state index in [1.54, 1.807) is 11.3 Å². The standard InChI is InChI=1S/C15H17N3S/c1-11(16)8-12-2-3-14-13(9-12)4-6-18(14)10-15-17-5-7-19-15/h2-7,9,11H,8,10,16H2,1H3. The molecule has 0 amide bonds. The van der Waals surface area contributed by atoms with E-state index in [-0.39, 0.29) is 6.04 Å². The van der Waals surface area contributed by atoms with Crippen LogP contribution >= 0.6 is 11.3 Å². The van der Waals surface area contributed by atoms with E-state index in [1.807, 2.05) is 18.5 Å². The lowest BCUT2D eigenvalue weighted by molar-refractivity contribution is 0.738. The lowest BCUT2D eigenvalue weighted by atomic mass is 10.1. The molecule has 0 aliphatic heterocycles. The minimum absolute atomic E-state index is 0.204. The van der Waals surface area contributed by atoms with Gasteiger partial charge >= 0.3 is 0 Å². The van der Waals surface area contributed by atoms with E-state index in [9.17, 15) is 0 Å². The SMILES string of the molecule is CC(N)Cc1ccc2c(ccn2Cc2nccs2)c1. The minimum atomic E-state index is 0.204. The van der Waals surface area contributed by atoms with Gasteiger partial charge in [0, 0.05) is 29.3 Å². The van der Waals surface area contributed by atoms with Crippen LogP contribution in [0.25, 0.3) is 10.9 Å². The van der Waals surface area contributed by atoms with Crippen molar-refractivity contribution in [2.24, 2.45) is 5.73 Å². The highest BCUT2D eigenvalue weighted by atomic mass is 32.1. The summed E-state index contributed by atoms with van der Waals surface area (Å²) < 4.78 is 2.24. The molecule has 4 heteroatoms. The molecule has 0 radical (unpaired) electrons. The van der Waals surface area contributed by atoms with Crippen molar-refractivity contribution in [1.29, 1.82) is 0 Å². The summed E-state index contributed by atoms with van der Waals surface area (Å²) in [5.74, 6) is 0. The Hall–Kier alpha value is -1.65. The number of nitrogens with two attached hydrogens (primary N) is 1. The Bertz CT molecular complexity index is 668. The zero-order chi connectivity index (χ0) is 13.2. The predicted octanol–water partition coefficient (Wildman–Crippen LogP) is 3.04. The molecule has 0 spiro atoms. The first-order chi connectivity index (χ1) is 9.22. The smallest absolute Gasteiger partial charge is 0.112 e. The Morgan fingerprint density at radius 2 is 2.26 bits per heavy atom. The number of rotatable bonds is 4. The van der Waals surface area contributed by atoms with Gasteiger partial charge in [-0.3, -0.25) is 0 Å². The summed E-state index contributed by atoms with van der Waals surface area (Å²) in [6, 6.07) is 8.95. The summed E-state index contributed by atoms with van der Waals surface area (Å²) in [5, 5.41) is 4.42. The normalized spacial score (nSPS) is 12.9. The predicted molar refractivity (Wildman–Crippen MR) is 80.5 cm³/mol. The largest absolute Gasteiger partial charge is 0.341 e. The molecule has 98 valence electrons. The van der Waals surface area contributed by atoms with Crippen molar-refractivity contribution < 1.29 is 0 Å². The molecule has 1 unspecified atom stereocenters. The van der Waals surface area contributed by atoms with Gasteiger partial charge in [-0.2, -0.15) is 0 Å². The van der Waals surface area contributed by atoms with Gasteiger partial charge in [-0.15, -0.1) is 11.3 Å². The van der Waals surface area contributed by atoms with E-state index in [1.165, 1.54) is 16.5 Å². The van der Waals surface area contributed by atoms with Crippen molar-refractivity contribution in [1.82, 2.24) is 9.55 Å². The molecule has 2 aromatic heterocycles. The van der Waals surface area contributed by atoms with Gasteiger partial charge in [0.2, 0.25) is 0 Å². The van der Waals surface area contributed by atoms with Crippen molar-refractivity contribution in [3.05, 3.63) is 52.6 Å². The third-order valence-corrected chi connectivity index (χ3v) is 3.95. The molecule has 3 nitrogen and oxygen atoms in total. The van der Waals surface area contributed by atoms with Crippen LogP contribution in [0, 0.1) is 0 Å². The molecule has 0 saturated heterocycles. The summed E-state index contributed by atoms with van der Waals surface area (Å²) in [6.07, 6.45) is 4.90. The maximum Gasteiger partial charge on any atom is 0.112 e. The molecular formula is C15H17N3S. The van der Waals surface area contributed by atoms with Gasteiger partial charge in [0.25, 0.3) is 0 Å². The Morgan fingerprint density at radius 3 is 3.00 bits per heavy atom. The Morgan fingerprint density at radius 1 is 1.37 bits per heavy atom. The third-order valence-electron chi connectivity index (χ3n) is 3.18. The number of benzene rings is 1. The van der Waals surface area contributed by atoms with Crippen molar-refractivity contribution in [3.63, 3.8) is 0 Å². The molecule has 2 N–H and O–H groups in total. The van der Waals surface area contributed by atoms with Gasteiger partial charge in [-0.25, -0.2) is 4.98 Å². The van der Waals surface area contributed by atoms with E-state index in [0.29, 0.717) is 0 Å². The van der Waals surface area contributed by atoms with Gasteiger partial charge in [0.05, 0.1) is 6.54 Å². The number of thiazole rings is 1. The zero-order valence-electron chi connectivity index (χ0n) is 10.9. The van der Waals surface area contributed by atoms with E-state index in [2.05, 4.69) is 40.0 Å². The molecule has 1 atom stereocenters. The van der Waals surface area contributed by atoms with Crippen molar-refractivity contribution in [2.45, 2.75) is 25.9 Å². The average molecular weight is 271 g/mol. The fourth-order valence-electron chi connectivity index (χ4n) is 2.36. The molecule has 3 rings (SSSR count). The van der Waals surface area contributed by atoms with Crippen LogP contribution in [0.3, 0.4) is 0 Å². The van der Waals surface area contributed by atoms with Gasteiger partial charge in [-0.1, -0.05) is 6.07 Å². The van der Waals surface area contributed by atoms with E-state index < -0.39 is 0 Å². The highest BCUT2D eigenvalue weighted by Crippen LogP contribution is 2.20. The monoisotopic (exact) mass is 271 g/mol. The van der Waals surface area contributed by atoms with Crippen LogP contribution in [0.4, 0.5) is 0 Å². The third kappa shape index (κ3) is 2.69. The average Bonchev–Trinajstić information content (AvgIpc) is 2.99. The van der Waals surface area contributed by atoms with Crippen molar-refractivity contribution in [2.75, 3.05) is 0 Å². The van der Waals surface area contributed by atoms with Crippen LogP contribution in [-0.2, 0) is 13.0 Å². The lowest BCUT2D eigenvalue weighted by Crippen LogP contribution is -2.17. The van der Waals surface area contributed by atoms with Crippen LogP contribution in [0.1, 0.15) is 17.5 Å². The second-order valence-electron chi connectivity index (χ2n) is 4.94. The maximum absolute atomic E-state index is 5.85. The second-order valence-corrected chi connectivity index (χ2v) is 5.92. The molecule has 19 heavy (non-hydrogen) atoms. The van der Waals surface area contributed by atoms with Crippen LogP contribution in [0.2, 0.25) is 0 Å². The Balaban J connectivity index is 1.91. The van der Waals surface area contributed by atoms with E-state index >= 15 is 0 Å². The lowest BCUT2D eigenvalue weighted by Gasteiger charge is -2.07. The maximum atomic E-state index is 5.85. The molecule has 3 aromatic rings. The summed E-state index contributed by atoms with van der Waals surface area (Å²) >= 11 is 1.69. The first kappa shape index (κ1) is 12.4. The first-order valence-corrected chi connectivity index (χ1v) is 7.32. The number of hydrogen-bond donors (Lipinski definition) is 1. The molecule has 0 saturated carbocycles.